The van der Waals surface area contributed by atoms with Gasteiger partial charge in [-0.2, -0.15) is 0 Å². The van der Waals surface area contributed by atoms with E-state index in [1.165, 1.54) is 0 Å². The second kappa shape index (κ2) is 5.77. The van der Waals surface area contributed by atoms with Crippen LogP contribution in [0.1, 0.15) is 16.1 Å². The third kappa shape index (κ3) is 2.55. The smallest absolute Gasteiger partial charge is 0.296 e. The Morgan fingerprint density at radius 1 is 1.05 bits per heavy atom. The Bertz CT molecular complexity index is 883. The van der Waals surface area contributed by atoms with Crippen LogP contribution in [-0.4, -0.2) is 16.7 Å². The molecule has 1 heterocycles. The van der Waals surface area contributed by atoms with Crippen LogP contribution < -0.4 is 5.32 Å². The number of nitrogens with one attached hydrogen (secondary N) is 2. The number of benzene rings is 2. The maximum atomic E-state index is 12.5. The van der Waals surface area contributed by atoms with Crippen molar-refractivity contribution in [2.75, 3.05) is 5.32 Å². The molecule has 0 aliphatic heterocycles. The van der Waals surface area contributed by atoms with Crippen molar-refractivity contribution in [1.82, 2.24) is 4.98 Å². The number of H-pyrrole nitrogens is 1. The molecule has 5 heteroatoms. The monoisotopic (exact) mass is 356 g/mol. The first-order valence-corrected chi connectivity index (χ1v) is 7.54. The molecule has 0 aliphatic rings. The Morgan fingerprint density at radius 2 is 1.73 bits per heavy atom. The van der Waals surface area contributed by atoms with Crippen LogP contribution in [0.25, 0.3) is 10.9 Å². The standard InChI is InChI=1S/C17H13BrN2O2/c1-10-15(11-6-2-4-8-13(11)19-10)16(21)17(22)20-14-9-5-3-7-12(14)18/h2-9,19H,1H3,(H,20,22). The molecule has 0 spiro atoms. The van der Waals surface area contributed by atoms with E-state index >= 15 is 0 Å². The number of anilines is 1. The molecule has 0 unspecified atom stereocenters. The van der Waals surface area contributed by atoms with Gasteiger partial charge in [0.25, 0.3) is 11.7 Å². The minimum Gasteiger partial charge on any atom is -0.358 e. The summed E-state index contributed by atoms with van der Waals surface area (Å²) < 4.78 is 0.729. The summed E-state index contributed by atoms with van der Waals surface area (Å²) >= 11 is 3.34. The fraction of sp³-hybridized carbons (Fsp3) is 0.0588. The number of ketones is 1. The van der Waals surface area contributed by atoms with Gasteiger partial charge in [0, 0.05) is 21.1 Å². The van der Waals surface area contributed by atoms with Crippen LogP contribution in [0, 0.1) is 6.92 Å². The highest BCUT2D eigenvalue weighted by atomic mass is 79.9. The largest absolute Gasteiger partial charge is 0.358 e. The van der Waals surface area contributed by atoms with Crippen LogP contribution in [0.4, 0.5) is 5.69 Å². The van der Waals surface area contributed by atoms with Crippen molar-refractivity contribution in [3.05, 3.63) is 64.3 Å². The van der Waals surface area contributed by atoms with Crippen LogP contribution in [0.15, 0.2) is 53.0 Å². The molecule has 0 atom stereocenters. The molecule has 4 nitrogen and oxygen atoms in total. The van der Waals surface area contributed by atoms with E-state index in [2.05, 4.69) is 26.2 Å². The molecule has 0 bridgehead atoms. The summed E-state index contributed by atoms with van der Waals surface area (Å²) in [6.07, 6.45) is 0. The van der Waals surface area contributed by atoms with E-state index in [4.69, 9.17) is 0 Å². The molecular weight excluding hydrogens is 344 g/mol. The van der Waals surface area contributed by atoms with Crippen LogP contribution in [0.5, 0.6) is 0 Å². The van der Waals surface area contributed by atoms with Crippen molar-refractivity contribution in [2.45, 2.75) is 6.92 Å². The van der Waals surface area contributed by atoms with Crippen LogP contribution >= 0.6 is 15.9 Å². The molecule has 110 valence electrons. The van der Waals surface area contributed by atoms with Gasteiger partial charge >= 0.3 is 0 Å². The van der Waals surface area contributed by atoms with Gasteiger partial charge < -0.3 is 10.3 Å². The van der Waals surface area contributed by atoms with E-state index in [9.17, 15) is 9.59 Å². The second-order valence-electron chi connectivity index (χ2n) is 4.93. The van der Waals surface area contributed by atoms with Gasteiger partial charge in [0.1, 0.15) is 0 Å². The molecular formula is C17H13BrN2O2. The third-order valence-corrected chi connectivity index (χ3v) is 4.14. The fourth-order valence-corrected chi connectivity index (χ4v) is 2.81. The predicted molar refractivity (Wildman–Crippen MR) is 90.1 cm³/mol. The van der Waals surface area contributed by atoms with Gasteiger partial charge in [0.15, 0.2) is 0 Å². The van der Waals surface area contributed by atoms with Crippen molar-refractivity contribution >= 4 is 44.2 Å². The quantitative estimate of drug-likeness (QED) is 0.549. The highest BCUT2D eigenvalue weighted by Gasteiger charge is 2.23. The number of carbonyl (C=O) groups excluding carboxylic acids is 2. The molecule has 22 heavy (non-hydrogen) atoms. The lowest BCUT2D eigenvalue weighted by atomic mass is 10.1. The molecule has 3 aromatic rings. The normalized spacial score (nSPS) is 10.6. The van der Waals surface area contributed by atoms with Crippen molar-refractivity contribution in [1.29, 1.82) is 0 Å². The number of hydrogen-bond donors (Lipinski definition) is 2. The van der Waals surface area contributed by atoms with Gasteiger partial charge in [0.2, 0.25) is 0 Å². The van der Waals surface area contributed by atoms with Crippen molar-refractivity contribution in [2.24, 2.45) is 0 Å². The number of Topliss-reactive ketones (excluding diaryl/α,β-unsaturated/α-hetero) is 1. The van der Waals surface area contributed by atoms with Crippen LogP contribution in [0.3, 0.4) is 0 Å². The first-order chi connectivity index (χ1) is 10.6. The zero-order valence-corrected chi connectivity index (χ0v) is 13.4. The average molecular weight is 357 g/mol. The number of halogens is 1. The van der Waals surface area contributed by atoms with E-state index in [1.807, 2.05) is 30.3 Å². The number of fused-ring (bicyclic) bond motifs is 1. The molecule has 0 fully saturated rings. The first kappa shape index (κ1) is 14.5. The Hall–Kier alpha value is -2.40. The molecule has 2 aromatic carbocycles. The lowest BCUT2D eigenvalue weighted by Crippen LogP contribution is -2.23. The molecule has 3 rings (SSSR count). The number of para-hydroxylation sites is 2. The first-order valence-electron chi connectivity index (χ1n) is 6.75. The number of aromatic amines is 1. The Labute approximate surface area is 135 Å². The Morgan fingerprint density at radius 3 is 2.50 bits per heavy atom. The molecule has 0 saturated carbocycles. The summed E-state index contributed by atoms with van der Waals surface area (Å²) in [4.78, 5) is 27.9. The Balaban J connectivity index is 1.94. The SMILES string of the molecule is Cc1[nH]c2ccccc2c1C(=O)C(=O)Nc1ccccc1Br. The van der Waals surface area contributed by atoms with Crippen molar-refractivity contribution < 1.29 is 9.59 Å². The number of hydrogen-bond acceptors (Lipinski definition) is 2. The third-order valence-electron chi connectivity index (χ3n) is 3.45. The van der Waals surface area contributed by atoms with E-state index in [0.717, 1.165) is 15.4 Å². The molecule has 0 radical (unpaired) electrons. The van der Waals surface area contributed by atoms with Crippen LogP contribution in [-0.2, 0) is 4.79 Å². The minimum atomic E-state index is -0.653. The summed E-state index contributed by atoms with van der Waals surface area (Å²) in [5.41, 5.74) is 2.52. The highest BCUT2D eigenvalue weighted by molar-refractivity contribution is 9.10. The maximum Gasteiger partial charge on any atom is 0.296 e. The fourth-order valence-electron chi connectivity index (χ4n) is 2.42. The van der Waals surface area contributed by atoms with E-state index in [0.29, 0.717) is 16.9 Å². The molecule has 0 saturated heterocycles. The zero-order valence-electron chi connectivity index (χ0n) is 11.8. The summed E-state index contributed by atoms with van der Waals surface area (Å²) in [7, 11) is 0. The summed E-state index contributed by atoms with van der Waals surface area (Å²) in [6, 6.07) is 14.6. The van der Waals surface area contributed by atoms with Gasteiger partial charge in [-0.1, -0.05) is 30.3 Å². The average Bonchev–Trinajstić information content (AvgIpc) is 2.84. The topological polar surface area (TPSA) is 62.0 Å². The van der Waals surface area contributed by atoms with Crippen molar-refractivity contribution in [3.8, 4) is 0 Å². The number of rotatable bonds is 3. The molecule has 1 amide bonds. The predicted octanol–water partition coefficient (Wildman–Crippen LogP) is 4.06. The number of aryl methyl sites for hydroxylation is 1. The summed E-state index contributed by atoms with van der Waals surface area (Å²) in [6.45, 7) is 1.79. The number of aromatic nitrogens is 1. The molecule has 0 aliphatic carbocycles. The van der Waals surface area contributed by atoms with Gasteiger partial charge in [-0.15, -0.1) is 0 Å². The lowest BCUT2D eigenvalue weighted by molar-refractivity contribution is -0.112. The Kier molecular flexibility index (Phi) is 3.81. The number of amides is 1. The lowest BCUT2D eigenvalue weighted by Gasteiger charge is -2.06. The van der Waals surface area contributed by atoms with Gasteiger partial charge in [-0.05, 0) is 41.1 Å². The van der Waals surface area contributed by atoms with Gasteiger partial charge in [-0.25, -0.2) is 0 Å². The molecule has 2 N–H and O–H groups in total. The zero-order chi connectivity index (χ0) is 15.7. The number of carbonyl (C=O) groups is 2. The van der Waals surface area contributed by atoms with Crippen LogP contribution in [0.2, 0.25) is 0 Å². The van der Waals surface area contributed by atoms with Crippen molar-refractivity contribution in [3.63, 3.8) is 0 Å². The molecule has 1 aromatic heterocycles. The summed E-state index contributed by atoms with van der Waals surface area (Å²) in [5, 5.41) is 3.40. The van der Waals surface area contributed by atoms with Gasteiger partial charge in [-0.3, -0.25) is 9.59 Å². The maximum absolute atomic E-state index is 12.5. The summed E-state index contributed by atoms with van der Waals surface area (Å²) in [5.74, 6) is -1.20. The second-order valence-corrected chi connectivity index (χ2v) is 5.79. The van der Waals surface area contributed by atoms with E-state index < -0.39 is 11.7 Å². The minimum absolute atomic E-state index is 0.417. The van der Waals surface area contributed by atoms with E-state index in [1.54, 1.807) is 25.1 Å². The van der Waals surface area contributed by atoms with Gasteiger partial charge in [0.05, 0.1) is 11.3 Å². The highest BCUT2D eigenvalue weighted by Crippen LogP contribution is 2.24. The van der Waals surface area contributed by atoms with E-state index in [-0.39, 0.29) is 0 Å².